The topological polar surface area (TPSA) is 72.2 Å². The van der Waals surface area contributed by atoms with Gasteiger partial charge in [0.25, 0.3) is 5.91 Å². The molecule has 0 radical (unpaired) electrons. The molecule has 0 aliphatic carbocycles. The van der Waals surface area contributed by atoms with Gasteiger partial charge >= 0.3 is 5.69 Å². The van der Waals surface area contributed by atoms with Crippen LogP contribution in [0.2, 0.25) is 15.1 Å². The van der Waals surface area contributed by atoms with E-state index in [4.69, 9.17) is 34.8 Å². The Morgan fingerprint density at radius 3 is 2.33 bits per heavy atom. The highest BCUT2D eigenvalue weighted by Gasteiger charge is 2.24. The van der Waals surface area contributed by atoms with Crippen molar-refractivity contribution in [2.45, 2.75) is 0 Å². The molecule has 0 bridgehead atoms. The van der Waals surface area contributed by atoms with Gasteiger partial charge in [-0.1, -0.05) is 46.9 Å². The highest BCUT2D eigenvalue weighted by atomic mass is 35.5. The number of nitro benzene ring substituents is 1. The fourth-order valence-corrected chi connectivity index (χ4v) is 2.27. The van der Waals surface area contributed by atoms with Gasteiger partial charge in [-0.05, 0) is 24.3 Å². The van der Waals surface area contributed by atoms with E-state index in [1.165, 1.54) is 24.3 Å². The van der Waals surface area contributed by atoms with E-state index in [1.54, 1.807) is 12.1 Å². The SMILES string of the molecule is O=C(Nc1cccc(Cl)c1Cl)c1cccc(Cl)c1[N+](=O)[O-]. The number of nitro groups is 1. The summed E-state index contributed by atoms with van der Waals surface area (Å²) in [5.41, 5.74) is -0.373. The van der Waals surface area contributed by atoms with E-state index >= 15 is 0 Å². The van der Waals surface area contributed by atoms with Crippen molar-refractivity contribution in [3.63, 3.8) is 0 Å². The summed E-state index contributed by atoms with van der Waals surface area (Å²) in [5.74, 6) is -0.701. The lowest BCUT2D eigenvalue weighted by Gasteiger charge is -2.09. The zero-order valence-electron chi connectivity index (χ0n) is 10.3. The fraction of sp³-hybridized carbons (Fsp3) is 0. The van der Waals surface area contributed by atoms with Crippen LogP contribution in [0.1, 0.15) is 10.4 Å². The minimum atomic E-state index is -0.711. The van der Waals surface area contributed by atoms with Crippen molar-refractivity contribution in [1.82, 2.24) is 0 Å². The average Bonchev–Trinajstić information content (AvgIpc) is 2.43. The molecule has 5 nitrogen and oxygen atoms in total. The Morgan fingerprint density at radius 2 is 1.67 bits per heavy atom. The second-order valence-corrected chi connectivity index (χ2v) is 5.14. The molecule has 0 unspecified atom stereocenters. The monoisotopic (exact) mass is 344 g/mol. The van der Waals surface area contributed by atoms with E-state index in [1.807, 2.05) is 0 Å². The van der Waals surface area contributed by atoms with Crippen molar-refractivity contribution < 1.29 is 9.72 Å². The van der Waals surface area contributed by atoms with Gasteiger partial charge in [0, 0.05) is 0 Å². The van der Waals surface area contributed by atoms with Crippen molar-refractivity contribution in [3.05, 3.63) is 67.1 Å². The third-order valence-corrected chi connectivity index (χ3v) is 3.74. The molecule has 0 heterocycles. The molecule has 0 saturated carbocycles. The quantitative estimate of drug-likeness (QED) is 0.641. The van der Waals surface area contributed by atoms with E-state index in [9.17, 15) is 14.9 Å². The van der Waals surface area contributed by atoms with Gasteiger partial charge in [-0.15, -0.1) is 0 Å². The first-order chi connectivity index (χ1) is 9.91. The van der Waals surface area contributed by atoms with Gasteiger partial charge in [0.15, 0.2) is 0 Å². The van der Waals surface area contributed by atoms with Crippen LogP contribution in [0.5, 0.6) is 0 Å². The third kappa shape index (κ3) is 3.26. The molecule has 2 rings (SSSR count). The van der Waals surface area contributed by atoms with Crippen molar-refractivity contribution >= 4 is 52.1 Å². The van der Waals surface area contributed by atoms with Crippen LogP contribution in [0.4, 0.5) is 11.4 Å². The second kappa shape index (κ2) is 6.30. The fourth-order valence-electron chi connectivity index (χ4n) is 1.67. The molecule has 8 heteroatoms. The maximum atomic E-state index is 12.2. The third-order valence-electron chi connectivity index (χ3n) is 2.61. The number of anilines is 1. The molecule has 0 aromatic heterocycles. The van der Waals surface area contributed by atoms with Crippen LogP contribution in [-0.2, 0) is 0 Å². The Hall–Kier alpha value is -1.82. The number of amides is 1. The standard InChI is InChI=1S/C13H7Cl3N2O3/c14-8-4-2-6-10(11(8)16)17-13(19)7-3-1-5-9(15)12(7)18(20)21/h1-6H,(H,17,19). The Balaban J connectivity index is 2.40. The van der Waals surface area contributed by atoms with Crippen molar-refractivity contribution in [1.29, 1.82) is 0 Å². The molecule has 2 aromatic carbocycles. The largest absolute Gasteiger partial charge is 0.320 e. The summed E-state index contributed by atoms with van der Waals surface area (Å²) in [6.07, 6.45) is 0. The van der Waals surface area contributed by atoms with Gasteiger partial charge in [-0.3, -0.25) is 14.9 Å². The van der Waals surface area contributed by atoms with Crippen LogP contribution >= 0.6 is 34.8 Å². The molecule has 2 aromatic rings. The first kappa shape index (κ1) is 15.6. The zero-order chi connectivity index (χ0) is 15.6. The lowest BCUT2D eigenvalue weighted by atomic mass is 10.1. The lowest BCUT2D eigenvalue weighted by molar-refractivity contribution is -0.385. The molecule has 1 amide bonds. The van der Waals surface area contributed by atoms with Crippen LogP contribution in [0, 0.1) is 10.1 Å². The lowest BCUT2D eigenvalue weighted by Crippen LogP contribution is -2.14. The minimum absolute atomic E-state index is 0.121. The van der Waals surface area contributed by atoms with E-state index in [2.05, 4.69) is 5.32 Å². The molecule has 108 valence electrons. The van der Waals surface area contributed by atoms with Gasteiger partial charge < -0.3 is 5.32 Å². The number of hydrogen-bond acceptors (Lipinski definition) is 3. The van der Waals surface area contributed by atoms with Crippen molar-refractivity contribution in [3.8, 4) is 0 Å². The maximum Gasteiger partial charge on any atom is 0.300 e. The summed E-state index contributed by atoms with van der Waals surface area (Å²) in [5, 5.41) is 13.8. The number of rotatable bonds is 3. The number of nitrogens with one attached hydrogen (secondary N) is 1. The van der Waals surface area contributed by atoms with Gasteiger partial charge in [-0.25, -0.2) is 0 Å². The first-order valence-corrected chi connectivity index (χ1v) is 6.73. The van der Waals surface area contributed by atoms with E-state index in [-0.39, 0.29) is 26.3 Å². The zero-order valence-corrected chi connectivity index (χ0v) is 12.5. The average molecular weight is 346 g/mol. The number of carbonyl (C=O) groups excluding carboxylic acids is 1. The minimum Gasteiger partial charge on any atom is -0.320 e. The smallest absolute Gasteiger partial charge is 0.300 e. The van der Waals surface area contributed by atoms with Crippen LogP contribution in [-0.4, -0.2) is 10.8 Å². The molecule has 0 atom stereocenters. The normalized spacial score (nSPS) is 10.2. The first-order valence-electron chi connectivity index (χ1n) is 5.60. The molecule has 0 saturated heterocycles. The molecule has 0 fully saturated rings. The molecule has 0 spiro atoms. The Kier molecular flexibility index (Phi) is 4.67. The van der Waals surface area contributed by atoms with Gasteiger partial charge in [0.2, 0.25) is 0 Å². The summed E-state index contributed by atoms with van der Waals surface area (Å²) in [4.78, 5) is 22.5. The summed E-state index contributed by atoms with van der Waals surface area (Å²) < 4.78 is 0. The van der Waals surface area contributed by atoms with Crippen LogP contribution in [0.15, 0.2) is 36.4 Å². The molecule has 21 heavy (non-hydrogen) atoms. The molecular weight excluding hydrogens is 339 g/mol. The highest BCUT2D eigenvalue weighted by molar-refractivity contribution is 6.44. The summed E-state index contributed by atoms with van der Waals surface area (Å²) >= 11 is 17.5. The number of benzene rings is 2. The molecular formula is C13H7Cl3N2O3. The predicted octanol–water partition coefficient (Wildman–Crippen LogP) is 4.81. The van der Waals surface area contributed by atoms with Crippen LogP contribution in [0.25, 0.3) is 0 Å². The molecule has 0 aliphatic heterocycles. The summed E-state index contributed by atoms with van der Waals surface area (Å²) in [6.45, 7) is 0. The van der Waals surface area contributed by atoms with Gasteiger partial charge in [-0.2, -0.15) is 0 Å². The highest BCUT2D eigenvalue weighted by Crippen LogP contribution is 2.32. The number of hydrogen-bond donors (Lipinski definition) is 1. The van der Waals surface area contributed by atoms with E-state index in [0.717, 1.165) is 0 Å². The Bertz CT molecular complexity index is 735. The van der Waals surface area contributed by atoms with E-state index in [0.29, 0.717) is 0 Å². The Morgan fingerprint density at radius 1 is 1.05 bits per heavy atom. The number of halogens is 3. The number of nitrogens with zero attached hydrogens (tertiary/aromatic N) is 1. The number of carbonyl (C=O) groups is 1. The second-order valence-electron chi connectivity index (χ2n) is 3.95. The Labute approximate surface area is 134 Å². The van der Waals surface area contributed by atoms with E-state index < -0.39 is 16.5 Å². The summed E-state index contributed by atoms with van der Waals surface area (Å²) in [6, 6.07) is 8.77. The van der Waals surface area contributed by atoms with Gasteiger partial charge in [0.05, 0.1) is 20.7 Å². The maximum absolute atomic E-state index is 12.2. The van der Waals surface area contributed by atoms with Gasteiger partial charge in [0.1, 0.15) is 10.6 Å². The van der Waals surface area contributed by atoms with Crippen LogP contribution in [0.3, 0.4) is 0 Å². The van der Waals surface area contributed by atoms with Crippen LogP contribution < -0.4 is 5.32 Å². The van der Waals surface area contributed by atoms with Crippen molar-refractivity contribution in [2.75, 3.05) is 5.32 Å². The summed E-state index contributed by atoms with van der Waals surface area (Å²) in [7, 11) is 0. The number of para-hydroxylation sites is 1. The predicted molar refractivity (Wildman–Crippen MR) is 82.5 cm³/mol. The molecule has 0 aliphatic rings. The molecule has 1 N–H and O–H groups in total. The van der Waals surface area contributed by atoms with Crippen molar-refractivity contribution in [2.24, 2.45) is 0 Å².